The maximum absolute atomic E-state index is 12.8. The predicted octanol–water partition coefficient (Wildman–Crippen LogP) is 4.42. The molecule has 0 unspecified atom stereocenters. The summed E-state index contributed by atoms with van der Waals surface area (Å²) in [5.74, 6) is -0.498. The van der Waals surface area contributed by atoms with Crippen molar-refractivity contribution >= 4 is 11.6 Å². The van der Waals surface area contributed by atoms with Crippen molar-refractivity contribution in [2.75, 3.05) is 5.32 Å². The highest BCUT2D eigenvalue weighted by atomic mass is 19.1. The second-order valence-electron chi connectivity index (χ2n) is 4.76. The van der Waals surface area contributed by atoms with Gasteiger partial charge >= 0.3 is 0 Å². The number of carbonyl (C=O) groups is 1. The minimum atomic E-state index is -0.316. The SMILES string of the molecule is CCCCc1ccc(C(=O)Nc2ccc(F)cc2)cc1. The molecule has 0 radical (unpaired) electrons. The number of anilines is 1. The van der Waals surface area contributed by atoms with Crippen LogP contribution in [0.25, 0.3) is 0 Å². The second-order valence-corrected chi connectivity index (χ2v) is 4.76. The lowest BCUT2D eigenvalue weighted by atomic mass is 10.1. The first-order valence-electron chi connectivity index (χ1n) is 6.85. The van der Waals surface area contributed by atoms with Crippen molar-refractivity contribution in [1.82, 2.24) is 0 Å². The molecule has 20 heavy (non-hydrogen) atoms. The van der Waals surface area contributed by atoms with Gasteiger partial charge in [-0.15, -0.1) is 0 Å². The van der Waals surface area contributed by atoms with Gasteiger partial charge in [-0.05, 0) is 54.8 Å². The van der Waals surface area contributed by atoms with E-state index in [0.29, 0.717) is 11.3 Å². The van der Waals surface area contributed by atoms with E-state index < -0.39 is 0 Å². The van der Waals surface area contributed by atoms with Crippen molar-refractivity contribution < 1.29 is 9.18 Å². The van der Waals surface area contributed by atoms with Crippen LogP contribution in [0.1, 0.15) is 35.7 Å². The summed E-state index contributed by atoms with van der Waals surface area (Å²) in [5, 5.41) is 2.74. The lowest BCUT2D eigenvalue weighted by molar-refractivity contribution is 0.102. The maximum Gasteiger partial charge on any atom is 0.255 e. The molecule has 0 heterocycles. The average molecular weight is 271 g/mol. The molecule has 1 amide bonds. The molecule has 2 aromatic rings. The van der Waals surface area contributed by atoms with E-state index in [9.17, 15) is 9.18 Å². The van der Waals surface area contributed by atoms with E-state index in [1.54, 1.807) is 12.1 Å². The third-order valence-corrected chi connectivity index (χ3v) is 3.14. The normalized spacial score (nSPS) is 10.3. The van der Waals surface area contributed by atoms with Crippen LogP contribution in [0.2, 0.25) is 0 Å². The van der Waals surface area contributed by atoms with Crippen LogP contribution in [-0.4, -0.2) is 5.91 Å². The molecule has 0 aliphatic heterocycles. The number of halogens is 1. The van der Waals surface area contributed by atoms with Crippen molar-refractivity contribution in [2.24, 2.45) is 0 Å². The molecular weight excluding hydrogens is 253 g/mol. The zero-order chi connectivity index (χ0) is 14.4. The van der Waals surface area contributed by atoms with Gasteiger partial charge in [0.25, 0.3) is 5.91 Å². The Bertz CT molecular complexity index is 561. The monoisotopic (exact) mass is 271 g/mol. The highest BCUT2D eigenvalue weighted by Crippen LogP contribution is 2.12. The van der Waals surface area contributed by atoms with Crippen molar-refractivity contribution in [3.05, 3.63) is 65.5 Å². The van der Waals surface area contributed by atoms with E-state index in [4.69, 9.17) is 0 Å². The molecule has 0 atom stereocenters. The Morgan fingerprint density at radius 1 is 1.05 bits per heavy atom. The van der Waals surface area contributed by atoms with Crippen molar-refractivity contribution in [1.29, 1.82) is 0 Å². The fraction of sp³-hybridized carbons (Fsp3) is 0.235. The van der Waals surface area contributed by atoms with E-state index >= 15 is 0 Å². The summed E-state index contributed by atoms with van der Waals surface area (Å²) in [5.41, 5.74) is 2.44. The molecule has 0 saturated carbocycles. The fourth-order valence-electron chi connectivity index (χ4n) is 1.94. The number of unbranched alkanes of at least 4 members (excludes halogenated alkanes) is 1. The zero-order valence-corrected chi connectivity index (χ0v) is 11.5. The first kappa shape index (κ1) is 14.3. The minimum absolute atomic E-state index is 0.182. The Balaban J connectivity index is 2.00. The number of hydrogen-bond donors (Lipinski definition) is 1. The maximum atomic E-state index is 12.8. The third-order valence-electron chi connectivity index (χ3n) is 3.14. The van der Waals surface area contributed by atoms with Crippen LogP contribution in [0.15, 0.2) is 48.5 Å². The number of benzene rings is 2. The van der Waals surface area contributed by atoms with Crippen LogP contribution in [0, 0.1) is 5.82 Å². The Labute approximate surface area is 118 Å². The van der Waals surface area contributed by atoms with Crippen molar-refractivity contribution in [3.63, 3.8) is 0 Å². The summed E-state index contributed by atoms with van der Waals surface area (Å²) >= 11 is 0. The molecule has 0 saturated heterocycles. The summed E-state index contributed by atoms with van der Waals surface area (Å²) in [4.78, 5) is 12.0. The number of aryl methyl sites for hydroxylation is 1. The molecule has 3 heteroatoms. The fourth-order valence-corrected chi connectivity index (χ4v) is 1.94. The predicted molar refractivity (Wildman–Crippen MR) is 79.4 cm³/mol. The topological polar surface area (TPSA) is 29.1 Å². The molecule has 2 nitrogen and oxygen atoms in total. The lowest BCUT2D eigenvalue weighted by Crippen LogP contribution is -2.11. The summed E-state index contributed by atoms with van der Waals surface area (Å²) in [7, 11) is 0. The summed E-state index contributed by atoms with van der Waals surface area (Å²) < 4.78 is 12.8. The summed E-state index contributed by atoms with van der Waals surface area (Å²) in [6.45, 7) is 2.16. The van der Waals surface area contributed by atoms with Crippen LogP contribution in [0.4, 0.5) is 10.1 Å². The molecular formula is C17H18FNO. The Morgan fingerprint density at radius 2 is 1.70 bits per heavy atom. The molecule has 1 N–H and O–H groups in total. The quantitative estimate of drug-likeness (QED) is 0.856. The molecule has 0 spiro atoms. The minimum Gasteiger partial charge on any atom is -0.322 e. The van der Waals surface area contributed by atoms with Gasteiger partial charge in [-0.1, -0.05) is 25.5 Å². The zero-order valence-electron chi connectivity index (χ0n) is 11.5. The van der Waals surface area contributed by atoms with E-state index in [1.165, 1.54) is 17.7 Å². The highest BCUT2D eigenvalue weighted by Gasteiger charge is 2.06. The van der Waals surface area contributed by atoms with Gasteiger partial charge in [-0.25, -0.2) is 4.39 Å². The number of amides is 1. The lowest BCUT2D eigenvalue weighted by Gasteiger charge is -2.06. The van der Waals surface area contributed by atoms with Crippen LogP contribution in [-0.2, 0) is 6.42 Å². The smallest absolute Gasteiger partial charge is 0.255 e. The van der Waals surface area contributed by atoms with Crippen LogP contribution >= 0.6 is 0 Å². The number of carbonyl (C=O) groups excluding carboxylic acids is 1. The Hall–Kier alpha value is -2.16. The van der Waals surface area contributed by atoms with Crippen LogP contribution < -0.4 is 5.32 Å². The van der Waals surface area contributed by atoms with Crippen molar-refractivity contribution in [2.45, 2.75) is 26.2 Å². The molecule has 2 rings (SSSR count). The second kappa shape index (κ2) is 6.85. The van der Waals surface area contributed by atoms with E-state index in [2.05, 4.69) is 12.2 Å². The van der Waals surface area contributed by atoms with Gasteiger partial charge in [0, 0.05) is 11.3 Å². The number of nitrogens with one attached hydrogen (secondary N) is 1. The molecule has 104 valence electrons. The van der Waals surface area contributed by atoms with Crippen molar-refractivity contribution in [3.8, 4) is 0 Å². The molecule has 0 fully saturated rings. The van der Waals surface area contributed by atoms with Gasteiger partial charge in [0.2, 0.25) is 0 Å². The Morgan fingerprint density at radius 3 is 2.30 bits per heavy atom. The van der Waals surface area contributed by atoms with Gasteiger partial charge < -0.3 is 5.32 Å². The van der Waals surface area contributed by atoms with E-state index in [-0.39, 0.29) is 11.7 Å². The molecule has 2 aromatic carbocycles. The largest absolute Gasteiger partial charge is 0.322 e. The van der Waals surface area contributed by atoms with Gasteiger partial charge in [0.15, 0.2) is 0 Å². The molecule has 0 bridgehead atoms. The molecule has 0 aromatic heterocycles. The molecule has 0 aliphatic rings. The molecule has 0 aliphatic carbocycles. The van der Waals surface area contributed by atoms with Crippen LogP contribution in [0.3, 0.4) is 0 Å². The Kier molecular flexibility index (Phi) is 4.88. The van der Waals surface area contributed by atoms with Crippen LogP contribution in [0.5, 0.6) is 0 Å². The van der Waals surface area contributed by atoms with Gasteiger partial charge in [0.1, 0.15) is 5.82 Å². The number of hydrogen-bond acceptors (Lipinski definition) is 1. The van der Waals surface area contributed by atoms with Gasteiger partial charge in [-0.3, -0.25) is 4.79 Å². The van der Waals surface area contributed by atoms with E-state index in [1.807, 2.05) is 24.3 Å². The highest BCUT2D eigenvalue weighted by molar-refractivity contribution is 6.04. The van der Waals surface area contributed by atoms with Gasteiger partial charge in [0.05, 0.1) is 0 Å². The summed E-state index contributed by atoms with van der Waals surface area (Å²) in [6.07, 6.45) is 3.35. The first-order chi connectivity index (χ1) is 9.69. The number of rotatable bonds is 5. The van der Waals surface area contributed by atoms with E-state index in [0.717, 1.165) is 19.3 Å². The first-order valence-corrected chi connectivity index (χ1v) is 6.85. The third kappa shape index (κ3) is 3.92. The average Bonchev–Trinajstić information content (AvgIpc) is 2.48. The van der Waals surface area contributed by atoms with Gasteiger partial charge in [-0.2, -0.15) is 0 Å². The summed E-state index contributed by atoms with van der Waals surface area (Å²) in [6, 6.07) is 13.3. The standard InChI is InChI=1S/C17H18FNO/c1-2-3-4-13-5-7-14(8-6-13)17(20)19-16-11-9-15(18)10-12-16/h5-12H,2-4H2,1H3,(H,19,20).